The Hall–Kier alpha value is -1.44. The molecule has 150 valence electrons. The lowest BCUT2D eigenvalue weighted by Crippen LogP contribution is -2.49. The van der Waals surface area contributed by atoms with Gasteiger partial charge in [-0.15, -0.1) is 0 Å². The van der Waals surface area contributed by atoms with E-state index in [4.69, 9.17) is 4.74 Å². The van der Waals surface area contributed by atoms with Crippen molar-refractivity contribution >= 4 is 15.9 Å². The highest BCUT2D eigenvalue weighted by molar-refractivity contribution is 7.89. The molecular weight excluding hydrogens is 364 g/mol. The van der Waals surface area contributed by atoms with Gasteiger partial charge in [0.1, 0.15) is 0 Å². The van der Waals surface area contributed by atoms with Crippen molar-refractivity contribution in [3.8, 4) is 0 Å². The lowest BCUT2D eigenvalue weighted by Gasteiger charge is -2.35. The van der Waals surface area contributed by atoms with Gasteiger partial charge in [0.25, 0.3) is 0 Å². The number of hydrogen-bond donors (Lipinski definition) is 0. The van der Waals surface area contributed by atoms with Gasteiger partial charge < -0.3 is 9.64 Å². The molecule has 0 saturated carbocycles. The van der Waals surface area contributed by atoms with E-state index < -0.39 is 10.0 Å². The van der Waals surface area contributed by atoms with Crippen LogP contribution in [0.2, 0.25) is 0 Å². The zero-order chi connectivity index (χ0) is 19.7. The van der Waals surface area contributed by atoms with Crippen LogP contribution in [0.1, 0.15) is 39.2 Å². The monoisotopic (exact) mass is 394 g/mol. The van der Waals surface area contributed by atoms with Crippen LogP contribution in [-0.2, 0) is 25.0 Å². The number of amides is 1. The lowest BCUT2D eigenvalue weighted by atomic mass is 9.87. The summed E-state index contributed by atoms with van der Waals surface area (Å²) in [6.07, 6.45) is 1.45. The molecular formula is C20H30N2O4S. The number of nitrogens with zero attached hydrogens (tertiary/aromatic N) is 2. The largest absolute Gasteiger partial charge is 0.378 e. The van der Waals surface area contributed by atoms with Crippen LogP contribution in [0, 0.1) is 5.92 Å². The van der Waals surface area contributed by atoms with Crippen molar-refractivity contribution in [1.29, 1.82) is 0 Å². The van der Waals surface area contributed by atoms with Crippen LogP contribution in [-0.4, -0.2) is 62.9 Å². The van der Waals surface area contributed by atoms with Crippen molar-refractivity contribution in [2.45, 2.75) is 43.9 Å². The summed E-state index contributed by atoms with van der Waals surface area (Å²) in [5.74, 6) is -0.207. The smallest absolute Gasteiger partial charge is 0.243 e. The highest BCUT2D eigenvalue weighted by Gasteiger charge is 2.35. The van der Waals surface area contributed by atoms with E-state index in [1.54, 1.807) is 12.1 Å². The molecule has 3 rings (SSSR count). The van der Waals surface area contributed by atoms with E-state index in [0.29, 0.717) is 44.2 Å². The number of hydrogen-bond acceptors (Lipinski definition) is 4. The number of ether oxygens (including phenoxy) is 1. The Bertz CT molecular complexity index is 762. The summed E-state index contributed by atoms with van der Waals surface area (Å²) in [4.78, 5) is 14.9. The number of rotatable bonds is 3. The Morgan fingerprint density at radius 1 is 1.07 bits per heavy atom. The standard InChI is InChI=1S/C20H30N2O4S/c1-20(2,3)17-6-8-18(9-7-17)27(24,25)22-10-4-5-16(15-22)19(23)21-11-13-26-14-12-21/h6-9,16H,4-5,10-15H2,1-3H3. The third-order valence-electron chi connectivity index (χ3n) is 5.41. The normalized spacial score (nSPS) is 22.6. The van der Waals surface area contributed by atoms with Gasteiger partial charge in [-0.3, -0.25) is 4.79 Å². The minimum atomic E-state index is -3.58. The summed E-state index contributed by atoms with van der Waals surface area (Å²) in [7, 11) is -3.58. The highest BCUT2D eigenvalue weighted by Crippen LogP contribution is 2.28. The SMILES string of the molecule is CC(C)(C)c1ccc(S(=O)(=O)N2CCCC(C(=O)N3CCOCC3)C2)cc1. The fourth-order valence-electron chi connectivity index (χ4n) is 3.68. The number of piperidine rings is 1. The Labute approximate surface area is 162 Å². The Morgan fingerprint density at radius 2 is 1.70 bits per heavy atom. The van der Waals surface area contributed by atoms with Gasteiger partial charge in [0.15, 0.2) is 0 Å². The summed E-state index contributed by atoms with van der Waals surface area (Å²) in [6.45, 7) is 9.33. The van der Waals surface area contributed by atoms with E-state index in [0.717, 1.165) is 12.0 Å². The van der Waals surface area contributed by atoms with Crippen molar-refractivity contribution in [3.05, 3.63) is 29.8 Å². The first-order chi connectivity index (χ1) is 12.7. The van der Waals surface area contributed by atoms with Crippen LogP contribution < -0.4 is 0 Å². The second-order valence-electron chi connectivity index (χ2n) is 8.41. The summed E-state index contributed by atoms with van der Waals surface area (Å²) < 4.78 is 32.9. The van der Waals surface area contributed by atoms with E-state index in [-0.39, 0.29) is 23.8 Å². The molecule has 1 atom stereocenters. The number of sulfonamides is 1. The first-order valence-corrected chi connectivity index (χ1v) is 11.1. The average molecular weight is 395 g/mol. The van der Waals surface area contributed by atoms with Gasteiger partial charge in [0, 0.05) is 26.2 Å². The van der Waals surface area contributed by atoms with Crippen molar-refractivity contribution in [2.75, 3.05) is 39.4 Å². The third-order valence-corrected chi connectivity index (χ3v) is 7.29. The molecule has 2 heterocycles. The molecule has 0 aliphatic carbocycles. The molecule has 0 aromatic heterocycles. The molecule has 0 spiro atoms. The van der Waals surface area contributed by atoms with E-state index >= 15 is 0 Å². The van der Waals surface area contributed by atoms with Gasteiger partial charge in [0.2, 0.25) is 15.9 Å². The Morgan fingerprint density at radius 3 is 2.30 bits per heavy atom. The first-order valence-electron chi connectivity index (χ1n) is 9.67. The number of benzene rings is 1. The van der Waals surface area contributed by atoms with Crippen LogP contribution in [0.15, 0.2) is 29.2 Å². The first kappa shape index (κ1) is 20.3. The fourth-order valence-corrected chi connectivity index (χ4v) is 5.20. The quantitative estimate of drug-likeness (QED) is 0.789. The maximum absolute atomic E-state index is 13.1. The lowest BCUT2D eigenvalue weighted by molar-refractivity contribution is -0.140. The summed E-state index contributed by atoms with van der Waals surface area (Å²) >= 11 is 0. The molecule has 27 heavy (non-hydrogen) atoms. The Kier molecular flexibility index (Phi) is 5.93. The van der Waals surface area contributed by atoms with E-state index in [9.17, 15) is 13.2 Å². The highest BCUT2D eigenvalue weighted by atomic mass is 32.2. The zero-order valence-electron chi connectivity index (χ0n) is 16.5. The number of carbonyl (C=O) groups is 1. The molecule has 1 aromatic rings. The van der Waals surface area contributed by atoms with Crippen LogP contribution in [0.4, 0.5) is 0 Å². The topological polar surface area (TPSA) is 66.9 Å². The van der Waals surface area contributed by atoms with Gasteiger partial charge in [-0.2, -0.15) is 4.31 Å². The van der Waals surface area contributed by atoms with E-state index in [2.05, 4.69) is 20.8 Å². The predicted octanol–water partition coefficient (Wildman–Crippen LogP) is 2.24. The Balaban J connectivity index is 1.73. The van der Waals surface area contributed by atoms with Gasteiger partial charge in [0.05, 0.1) is 24.0 Å². The molecule has 2 aliphatic heterocycles. The summed E-state index contributed by atoms with van der Waals surface area (Å²) in [6, 6.07) is 7.13. The number of carbonyl (C=O) groups excluding carboxylic acids is 1. The average Bonchev–Trinajstić information content (AvgIpc) is 2.67. The molecule has 0 N–H and O–H groups in total. The van der Waals surface area contributed by atoms with Gasteiger partial charge in [-0.1, -0.05) is 32.9 Å². The molecule has 2 aliphatic rings. The minimum absolute atomic E-state index is 0.0247. The molecule has 0 bridgehead atoms. The predicted molar refractivity (Wildman–Crippen MR) is 104 cm³/mol. The van der Waals surface area contributed by atoms with Crippen LogP contribution in [0.5, 0.6) is 0 Å². The molecule has 1 unspecified atom stereocenters. The molecule has 2 saturated heterocycles. The van der Waals surface area contributed by atoms with Crippen molar-refractivity contribution < 1.29 is 17.9 Å². The van der Waals surface area contributed by atoms with Crippen LogP contribution in [0.3, 0.4) is 0 Å². The molecule has 7 heteroatoms. The minimum Gasteiger partial charge on any atom is -0.378 e. The number of morpholine rings is 1. The van der Waals surface area contributed by atoms with Crippen molar-refractivity contribution in [2.24, 2.45) is 5.92 Å². The van der Waals surface area contributed by atoms with Crippen molar-refractivity contribution in [3.63, 3.8) is 0 Å². The maximum atomic E-state index is 13.1. The summed E-state index contributed by atoms with van der Waals surface area (Å²) in [5.41, 5.74) is 1.07. The van der Waals surface area contributed by atoms with E-state index in [1.165, 1.54) is 4.31 Å². The molecule has 1 amide bonds. The van der Waals surface area contributed by atoms with Crippen LogP contribution in [0.25, 0.3) is 0 Å². The molecule has 2 fully saturated rings. The second kappa shape index (κ2) is 7.89. The molecule has 0 radical (unpaired) electrons. The maximum Gasteiger partial charge on any atom is 0.243 e. The second-order valence-corrected chi connectivity index (χ2v) is 10.4. The third kappa shape index (κ3) is 4.52. The molecule has 6 nitrogen and oxygen atoms in total. The molecule has 1 aromatic carbocycles. The van der Waals surface area contributed by atoms with Crippen molar-refractivity contribution in [1.82, 2.24) is 9.21 Å². The summed E-state index contributed by atoms with van der Waals surface area (Å²) in [5, 5.41) is 0. The fraction of sp³-hybridized carbons (Fsp3) is 0.650. The zero-order valence-corrected chi connectivity index (χ0v) is 17.3. The van der Waals surface area contributed by atoms with Gasteiger partial charge in [-0.25, -0.2) is 8.42 Å². The van der Waals surface area contributed by atoms with Crippen LogP contribution >= 0.6 is 0 Å². The van der Waals surface area contributed by atoms with Gasteiger partial charge >= 0.3 is 0 Å². The van der Waals surface area contributed by atoms with Gasteiger partial charge in [-0.05, 0) is 36.0 Å². The van der Waals surface area contributed by atoms with E-state index in [1.807, 2.05) is 17.0 Å².